The summed E-state index contributed by atoms with van der Waals surface area (Å²) >= 11 is 10.6. The van der Waals surface area contributed by atoms with Gasteiger partial charge in [0.15, 0.2) is 0 Å². The zero-order chi connectivity index (χ0) is 25.3. The number of halogens is 2. The van der Waals surface area contributed by atoms with Crippen LogP contribution in [0.3, 0.4) is 0 Å². The summed E-state index contributed by atoms with van der Waals surface area (Å²) in [6.07, 6.45) is 2.09. The van der Waals surface area contributed by atoms with Crippen LogP contribution in [0.4, 0.5) is 0 Å². The Kier molecular flexibility index (Phi) is 7.89. The lowest BCUT2D eigenvalue weighted by Gasteiger charge is -2.30. The standard InChI is InChI=1S/C30H34BrClO2/c1-29(2,3)24-16-20(17-25(28(24)33)30(4,5)6)23(22-10-8-9-11-26(22)31)18-27(32)19-12-14-21(34-7)15-13-19/h8-18,23,33H,1-7H3. The molecule has 0 radical (unpaired) electrons. The van der Waals surface area contributed by atoms with Crippen molar-refractivity contribution in [1.29, 1.82) is 0 Å². The van der Waals surface area contributed by atoms with Crippen molar-refractivity contribution in [1.82, 2.24) is 0 Å². The van der Waals surface area contributed by atoms with E-state index < -0.39 is 0 Å². The Morgan fingerprint density at radius 1 is 0.912 bits per heavy atom. The lowest BCUT2D eigenvalue weighted by Crippen LogP contribution is -2.18. The highest BCUT2D eigenvalue weighted by molar-refractivity contribution is 9.10. The molecule has 0 saturated carbocycles. The van der Waals surface area contributed by atoms with Crippen LogP contribution in [-0.2, 0) is 10.8 Å². The second-order valence-corrected chi connectivity index (χ2v) is 12.0. The summed E-state index contributed by atoms with van der Waals surface area (Å²) in [6.45, 7) is 12.8. The molecule has 1 N–H and O–H groups in total. The van der Waals surface area contributed by atoms with Crippen LogP contribution >= 0.6 is 27.5 Å². The van der Waals surface area contributed by atoms with Crippen LogP contribution in [0.2, 0.25) is 0 Å². The Labute approximate surface area is 217 Å². The SMILES string of the molecule is COc1ccc(C(Cl)=CC(c2cc(C(C)(C)C)c(O)c(C(C)(C)C)c2)c2ccccc2Br)cc1. The smallest absolute Gasteiger partial charge is 0.123 e. The highest BCUT2D eigenvalue weighted by Crippen LogP contribution is 2.44. The highest BCUT2D eigenvalue weighted by Gasteiger charge is 2.28. The predicted molar refractivity (Wildman–Crippen MR) is 148 cm³/mol. The second kappa shape index (κ2) is 10.2. The molecule has 1 atom stereocenters. The van der Waals surface area contributed by atoms with E-state index in [1.54, 1.807) is 7.11 Å². The van der Waals surface area contributed by atoms with E-state index in [4.69, 9.17) is 16.3 Å². The molecule has 34 heavy (non-hydrogen) atoms. The summed E-state index contributed by atoms with van der Waals surface area (Å²) in [5.41, 5.74) is 4.54. The Morgan fingerprint density at radius 2 is 1.44 bits per heavy atom. The molecule has 4 heteroatoms. The van der Waals surface area contributed by atoms with E-state index in [-0.39, 0.29) is 16.7 Å². The molecule has 2 nitrogen and oxygen atoms in total. The molecule has 180 valence electrons. The number of hydrogen-bond acceptors (Lipinski definition) is 2. The van der Waals surface area contributed by atoms with Gasteiger partial charge in [-0.2, -0.15) is 0 Å². The largest absolute Gasteiger partial charge is 0.507 e. The average Bonchev–Trinajstić information content (AvgIpc) is 2.76. The van der Waals surface area contributed by atoms with E-state index in [1.165, 1.54) is 0 Å². The number of aromatic hydroxyl groups is 1. The molecule has 3 aromatic rings. The van der Waals surface area contributed by atoms with Crippen molar-refractivity contribution in [3.8, 4) is 11.5 Å². The third-order valence-electron chi connectivity index (χ3n) is 6.03. The van der Waals surface area contributed by atoms with Crippen LogP contribution in [0.15, 0.2) is 71.2 Å². The summed E-state index contributed by atoms with van der Waals surface area (Å²) in [7, 11) is 1.65. The summed E-state index contributed by atoms with van der Waals surface area (Å²) in [6, 6.07) is 20.2. The fourth-order valence-electron chi connectivity index (χ4n) is 4.07. The number of benzene rings is 3. The average molecular weight is 542 g/mol. The molecule has 0 aromatic heterocycles. The van der Waals surface area contributed by atoms with Gasteiger partial charge in [-0.1, -0.05) is 105 Å². The van der Waals surface area contributed by atoms with Crippen molar-refractivity contribution in [3.05, 3.63) is 99.0 Å². The summed E-state index contributed by atoms with van der Waals surface area (Å²) in [5.74, 6) is 1.05. The topological polar surface area (TPSA) is 29.5 Å². The molecular formula is C30H34BrClO2. The Hall–Kier alpha value is -2.23. The zero-order valence-corrected chi connectivity index (χ0v) is 23.4. The Bertz CT molecular complexity index is 1150. The van der Waals surface area contributed by atoms with Gasteiger partial charge in [-0.3, -0.25) is 0 Å². The number of phenolic OH excluding ortho intramolecular Hbond substituents is 1. The highest BCUT2D eigenvalue weighted by atomic mass is 79.9. The molecule has 1 unspecified atom stereocenters. The van der Waals surface area contributed by atoms with Gasteiger partial charge >= 0.3 is 0 Å². The molecule has 0 aliphatic heterocycles. The van der Waals surface area contributed by atoms with Gasteiger partial charge in [0.2, 0.25) is 0 Å². The molecule has 0 fully saturated rings. The number of hydrogen-bond donors (Lipinski definition) is 1. The molecule has 0 bridgehead atoms. The lowest BCUT2D eigenvalue weighted by molar-refractivity contribution is 0.415. The van der Waals surface area contributed by atoms with Crippen molar-refractivity contribution >= 4 is 32.6 Å². The van der Waals surface area contributed by atoms with E-state index in [1.807, 2.05) is 42.5 Å². The Balaban J connectivity index is 2.28. The van der Waals surface area contributed by atoms with Crippen LogP contribution in [0.1, 0.15) is 75.3 Å². The lowest BCUT2D eigenvalue weighted by atomic mass is 9.76. The maximum Gasteiger partial charge on any atom is 0.123 e. The molecule has 0 aliphatic rings. The van der Waals surface area contributed by atoms with Gasteiger partial charge in [0.1, 0.15) is 11.5 Å². The first-order chi connectivity index (χ1) is 15.8. The summed E-state index contributed by atoms with van der Waals surface area (Å²) in [5, 5.41) is 11.9. The third kappa shape index (κ3) is 5.87. The van der Waals surface area contributed by atoms with E-state index in [9.17, 15) is 5.11 Å². The molecule has 0 heterocycles. The molecule has 0 amide bonds. The van der Waals surface area contributed by atoms with Gasteiger partial charge in [-0.05, 0) is 69.0 Å². The van der Waals surface area contributed by atoms with Crippen molar-refractivity contribution in [2.75, 3.05) is 7.11 Å². The van der Waals surface area contributed by atoms with Crippen LogP contribution in [0, 0.1) is 0 Å². The zero-order valence-electron chi connectivity index (χ0n) is 21.0. The number of methoxy groups -OCH3 is 1. The maximum absolute atomic E-state index is 11.2. The summed E-state index contributed by atoms with van der Waals surface area (Å²) < 4.78 is 6.31. The van der Waals surface area contributed by atoms with E-state index >= 15 is 0 Å². The van der Waals surface area contributed by atoms with E-state index in [0.29, 0.717) is 10.8 Å². The molecule has 0 saturated heterocycles. The van der Waals surface area contributed by atoms with Crippen molar-refractivity contribution in [3.63, 3.8) is 0 Å². The minimum atomic E-state index is -0.220. The van der Waals surface area contributed by atoms with E-state index in [2.05, 4.69) is 81.7 Å². The first-order valence-corrected chi connectivity index (χ1v) is 12.6. The van der Waals surface area contributed by atoms with Gasteiger partial charge in [-0.15, -0.1) is 0 Å². The van der Waals surface area contributed by atoms with Crippen LogP contribution in [0.5, 0.6) is 11.5 Å². The minimum absolute atomic E-state index is 0.118. The first-order valence-electron chi connectivity index (χ1n) is 11.5. The van der Waals surface area contributed by atoms with Crippen molar-refractivity contribution < 1.29 is 9.84 Å². The number of rotatable bonds is 5. The number of ether oxygens (including phenoxy) is 1. The van der Waals surface area contributed by atoms with Gasteiger partial charge in [0.25, 0.3) is 0 Å². The van der Waals surface area contributed by atoms with Gasteiger partial charge in [-0.25, -0.2) is 0 Å². The first kappa shape index (κ1) is 26.4. The maximum atomic E-state index is 11.2. The fourth-order valence-corrected chi connectivity index (χ4v) is 4.85. The minimum Gasteiger partial charge on any atom is -0.507 e. The monoisotopic (exact) mass is 540 g/mol. The van der Waals surface area contributed by atoms with Crippen molar-refractivity contribution in [2.24, 2.45) is 0 Å². The predicted octanol–water partition coefficient (Wildman–Crippen LogP) is 9.17. The quantitative estimate of drug-likeness (QED) is 0.349. The second-order valence-electron chi connectivity index (χ2n) is 10.7. The van der Waals surface area contributed by atoms with Crippen molar-refractivity contribution in [2.45, 2.75) is 58.3 Å². The molecule has 0 spiro atoms. The van der Waals surface area contributed by atoms with Crippen LogP contribution in [-0.4, -0.2) is 12.2 Å². The summed E-state index contributed by atoms with van der Waals surface area (Å²) in [4.78, 5) is 0. The normalized spacial score (nSPS) is 13.6. The molecule has 0 aliphatic carbocycles. The van der Waals surface area contributed by atoms with Gasteiger partial charge < -0.3 is 9.84 Å². The Morgan fingerprint density at radius 3 is 1.91 bits per heavy atom. The molecule has 3 aromatic carbocycles. The van der Waals surface area contributed by atoms with Crippen LogP contribution in [0.25, 0.3) is 5.03 Å². The van der Waals surface area contributed by atoms with Crippen LogP contribution < -0.4 is 4.74 Å². The fraction of sp³-hybridized carbons (Fsp3) is 0.333. The molecule has 3 rings (SSSR count). The number of phenols is 1. The molecular weight excluding hydrogens is 508 g/mol. The van der Waals surface area contributed by atoms with Gasteiger partial charge in [0, 0.05) is 15.4 Å². The number of allylic oxidation sites excluding steroid dienone is 1. The van der Waals surface area contributed by atoms with Gasteiger partial charge in [0.05, 0.1) is 7.11 Å². The third-order valence-corrected chi connectivity index (χ3v) is 7.09. The van der Waals surface area contributed by atoms with E-state index in [0.717, 1.165) is 38.0 Å².